The second-order valence-electron chi connectivity index (χ2n) is 5.44. The van der Waals surface area contributed by atoms with Crippen molar-refractivity contribution in [3.05, 3.63) is 40.1 Å². The predicted octanol–water partition coefficient (Wildman–Crippen LogP) is 3.78. The zero-order valence-electron chi connectivity index (χ0n) is 12.3. The van der Waals surface area contributed by atoms with Gasteiger partial charge in [0.05, 0.1) is 29.4 Å². The van der Waals surface area contributed by atoms with Crippen molar-refractivity contribution in [3.8, 4) is 11.3 Å². The second kappa shape index (κ2) is 5.96. The highest BCUT2D eigenvalue weighted by Gasteiger charge is 2.13. The van der Waals surface area contributed by atoms with Crippen molar-refractivity contribution in [2.45, 2.75) is 0 Å². The number of aromatic nitrogens is 3. The van der Waals surface area contributed by atoms with E-state index in [1.165, 1.54) is 5.69 Å². The van der Waals surface area contributed by atoms with Gasteiger partial charge in [-0.1, -0.05) is 23.7 Å². The number of morpholine rings is 1. The zero-order chi connectivity index (χ0) is 15.8. The summed E-state index contributed by atoms with van der Waals surface area (Å²) in [4.78, 5) is 13.0. The fourth-order valence-corrected chi connectivity index (χ4v) is 3.26. The summed E-state index contributed by atoms with van der Waals surface area (Å²) >= 11 is 11.5. The summed E-state index contributed by atoms with van der Waals surface area (Å²) in [7, 11) is 0. The van der Waals surface area contributed by atoms with E-state index in [1.54, 1.807) is 0 Å². The van der Waals surface area contributed by atoms with Gasteiger partial charge in [-0.2, -0.15) is 0 Å². The molecule has 2 aromatic heterocycles. The zero-order valence-corrected chi connectivity index (χ0v) is 13.9. The number of pyridine rings is 1. The molecule has 0 amide bonds. The monoisotopic (exact) mass is 346 g/mol. The van der Waals surface area contributed by atoms with Crippen LogP contribution in [-0.4, -0.2) is 41.3 Å². The van der Waals surface area contributed by atoms with Crippen LogP contribution in [0.1, 0.15) is 0 Å². The standard InChI is InChI=1S/C16H15ClN4OS/c17-12-9-13-15(20-16(23)18-13)19-14(12)10-1-3-11(4-2-10)21-5-7-22-8-6-21/h1-4,9H,5-8H2,(H2,18,19,20,23). The molecule has 1 saturated heterocycles. The molecular formula is C16H15ClN4OS. The average Bonchev–Trinajstić information content (AvgIpc) is 2.94. The van der Waals surface area contributed by atoms with Gasteiger partial charge >= 0.3 is 0 Å². The smallest absolute Gasteiger partial charge is 0.176 e. The summed E-state index contributed by atoms with van der Waals surface area (Å²) in [5.41, 5.74) is 4.45. The molecule has 0 aliphatic carbocycles. The number of hydrogen-bond donors (Lipinski definition) is 2. The Morgan fingerprint density at radius 2 is 1.87 bits per heavy atom. The van der Waals surface area contributed by atoms with E-state index in [0.717, 1.165) is 43.1 Å². The molecule has 0 spiro atoms. The minimum Gasteiger partial charge on any atom is -0.378 e. The first-order valence-electron chi connectivity index (χ1n) is 7.42. The molecule has 0 radical (unpaired) electrons. The number of nitrogens with zero attached hydrogens (tertiary/aromatic N) is 2. The molecule has 0 unspecified atom stereocenters. The summed E-state index contributed by atoms with van der Waals surface area (Å²) < 4.78 is 5.93. The molecule has 3 heterocycles. The molecule has 5 nitrogen and oxygen atoms in total. The quantitative estimate of drug-likeness (QED) is 0.693. The van der Waals surface area contributed by atoms with Gasteiger partial charge in [0.25, 0.3) is 0 Å². The average molecular weight is 347 g/mol. The van der Waals surface area contributed by atoms with Crippen molar-refractivity contribution in [1.82, 2.24) is 15.0 Å². The van der Waals surface area contributed by atoms with E-state index in [4.69, 9.17) is 28.6 Å². The molecule has 3 aromatic rings. The van der Waals surface area contributed by atoms with Gasteiger partial charge in [0.15, 0.2) is 10.4 Å². The van der Waals surface area contributed by atoms with E-state index >= 15 is 0 Å². The van der Waals surface area contributed by atoms with E-state index in [0.29, 0.717) is 15.4 Å². The van der Waals surface area contributed by atoms with Crippen LogP contribution in [0.4, 0.5) is 5.69 Å². The van der Waals surface area contributed by atoms with Gasteiger partial charge in [-0.05, 0) is 30.4 Å². The third-order valence-electron chi connectivity index (χ3n) is 3.97. The van der Waals surface area contributed by atoms with Gasteiger partial charge in [-0.15, -0.1) is 0 Å². The van der Waals surface area contributed by atoms with Gasteiger partial charge < -0.3 is 19.6 Å². The Hall–Kier alpha value is -1.89. The van der Waals surface area contributed by atoms with Crippen molar-refractivity contribution in [2.24, 2.45) is 0 Å². The van der Waals surface area contributed by atoms with Crippen molar-refractivity contribution in [3.63, 3.8) is 0 Å². The summed E-state index contributed by atoms with van der Waals surface area (Å²) in [5.74, 6) is 0. The molecule has 0 bridgehead atoms. The molecule has 2 N–H and O–H groups in total. The van der Waals surface area contributed by atoms with Crippen LogP contribution in [0.3, 0.4) is 0 Å². The van der Waals surface area contributed by atoms with Crippen molar-refractivity contribution in [2.75, 3.05) is 31.2 Å². The highest BCUT2D eigenvalue weighted by atomic mass is 35.5. The van der Waals surface area contributed by atoms with E-state index in [2.05, 4.69) is 32.0 Å². The Kier molecular flexibility index (Phi) is 3.80. The Balaban J connectivity index is 1.69. The van der Waals surface area contributed by atoms with Crippen LogP contribution in [0.5, 0.6) is 0 Å². The number of fused-ring (bicyclic) bond motifs is 1. The van der Waals surface area contributed by atoms with Crippen molar-refractivity contribution < 1.29 is 4.74 Å². The molecular weight excluding hydrogens is 332 g/mol. The van der Waals surface area contributed by atoms with E-state index in [-0.39, 0.29) is 0 Å². The number of imidazole rings is 1. The largest absolute Gasteiger partial charge is 0.378 e. The number of nitrogens with one attached hydrogen (secondary N) is 2. The highest BCUT2D eigenvalue weighted by molar-refractivity contribution is 7.71. The lowest BCUT2D eigenvalue weighted by molar-refractivity contribution is 0.122. The number of hydrogen-bond acceptors (Lipinski definition) is 4. The number of aromatic amines is 2. The van der Waals surface area contributed by atoms with Crippen LogP contribution in [0.2, 0.25) is 5.02 Å². The summed E-state index contributed by atoms with van der Waals surface area (Å²) in [6, 6.07) is 10.1. The van der Waals surface area contributed by atoms with Crippen molar-refractivity contribution >= 4 is 40.7 Å². The Morgan fingerprint density at radius 3 is 2.61 bits per heavy atom. The van der Waals surface area contributed by atoms with Crippen LogP contribution in [0.15, 0.2) is 30.3 Å². The lowest BCUT2D eigenvalue weighted by atomic mass is 10.1. The Bertz CT molecular complexity index is 897. The Labute approximate surface area is 143 Å². The van der Waals surface area contributed by atoms with Crippen LogP contribution in [0.25, 0.3) is 22.4 Å². The molecule has 118 valence electrons. The number of halogens is 1. The fourth-order valence-electron chi connectivity index (χ4n) is 2.79. The predicted molar refractivity (Wildman–Crippen MR) is 94.8 cm³/mol. The SMILES string of the molecule is S=c1[nH]c2cc(Cl)c(-c3ccc(N4CCOCC4)cc3)nc2[nH]1. The van der Waals surface area contributed by atoms with Crippen LogP contribution < -0.4 is 4.90 Å². The van der Waals surface area contributed by atoms with Crippen molar-refractivity contribution in [1.29, 1.82) is 0 Å². The first kappa shape index (κ1) is 14.7. The third-order valence-corrected chi connectivity index (χ3v) is 4.47. The molecule has 1 fully saturated rings. The molecule has 7 heteroatoms. The minimum atomic E-state index is 0.545. The normalized spacial score (nSPS) is 15.3. The highest BCUT2D eigenvalue weighted by Crippen LogP contribution is 2.30. The molecule has 0 atom stereocenters. The molecule has 1 aliphatic heterocycles. The maximum Gasteiger partial charge on any atom is 0.176 e. The summed E-state index contributed by atoms with van der Waals surface area (Å²) in [6.07, 6.45) is 0. The minimum absolute atomic E-state index is 0.545. The maximum atomic E-state index is 6.38. The maximum absolute atomic E-state index is 6.38. The molecule has 1 aromatic carbocycles. The van der Waals surface area contributed by atoms with Gasteiger partial charge in [-0.25, -0.2) is 4.98 Å². The number of ether oxygens (including phenoxy) is 1. The topological polar surface area (TPSA) is 56.9 Å². The number of anilines is 1. The van der Waals surface area contributed by atoms with Gasteiger partial charge in [-0.3, -0.25) is 0 Å². The van der Waals surface area contributed by atoms with E-state index in [1.807, 2.05) is 18.2 Å². The van der Waals surface area contributed by atoms with Crippen LogP contribution >= 0.6 is 23.8 Å². The molecule has 4 rings (SSSR count). The molecule has 23 heavy (non-hydrogen) atoms. The fraction of sp³-hybridized carbons (Fsp3) is 0.250. The first-order chi connectivity index (χ1) is 11.2. The van der Waals surface area contributed by atoms with E-state index in [9.17, 15) is 0 Å². The van der Waals surface area contributed by atoms with E-state index < -0.39 is 0 Å². The number of rotatable bonds is 2. The first-order valence-corrected chi connectivity index (χ1v) is 8.21. The second-order valence-corrected chi connectivity index (χ2v) is 6.26. The van der Waals surface area contributed by atoms with Gasteiger partial charge in [0.1, 0.15) is 0 Å². The lowest BCUT2D eigenvalue weighted by Crippen LogP contribution is -2.36. The van der Waals surface area contributed by atoms with Crippen LogP contribution in [-0.2, 0) is 4.74 Å². The number of H-pyrrole nitrogens is 2. The number of benzene rings is 1. The molecule has 1 aliphatic rings. The molecule has 0 saturated carbocycles. The Morgan fingerprint density at radius 1 is 1.13 bits per heavy atom. The van der Waals surface area contributed by atoms with Gasteiger partial charge in [0.2, 0.25) is 0 Å². The lowest BCUT2D eigenvalue weighted by Gasteiger charge is -2.28. The summed E-state index contributed by atoms with van der Waals surface area (Å²) in [6.45, 7) is 3.39. The third kappa shape index (κ3) is 2.85. The summed E-state index contributed by atoms with van der Waals surface area (Å²) in [5, 5.41) is 0.599. The van der Waals surface area contributed by atoms with Crippen LogP contribution in [0, 0.1) is 4.77 Å². The van der Waals surface area contributed by atoms with Gasteiger partial charge in [0, 0.05) is 24.3 Å².